The van der Waals surface area contributed by atoms with Crippen molar-refractivity contribution in [2.45, 2.75) is 72.0 Å². The van der Waals surface area contributed by atoms with Crippen molar-refractivity contribution in [3.63, 3.8) is 0 Å². The van der Waals surface area contributed by atoms with Crippen molar-refractivity contribution < 1.29 is 18.0 Å². The summed E-state index contributed by atoms with van der Waals surface area (Å²) >= 11 is 6.50. The monoisotopic (exact) mass is 611 g/mol. The van der Waals surface area contributed by atoms with E-state index in [1.807, 2.05) is 95.3 Å². The molecule has 0 saturated heterocycles. The molecule has 0 bridgehead atoms. The van der Waals surface area contributed by atoms with Crippen LogP contribution in [0.1, 0.15) is 55.9 Å². The first-order valence-corrected chi connectivity index (χ1v) is 16.3. The maximum atomic E-state index is 14.0. The number of hydrogen-bond acceptors (Lipinski definition) is 4. The second-order valence-corrected chi connectivity index (χ2v) is 14.0. The van der Waals surface area contributed by atoms with Gasteiger partial charge in [0.05, 0.1) is 11.9 Å². The van der Waals surface area contributed by atoms with Crippen LogP contribution in [-0.4, -0.2) is 49.5 Å². The Hall–Kier alpha value is -3.36. The molecule has 226 valence electrons. The Balaban J connectivity index is 1.93. The van der Waals surface area contributed by atoms with Crippen LogP contribution in [0.2, 0.25) is 5.02 Å². The molecule has 2 amide bonds. The van der Waals surface area contributed by atoms with Crippen molar-refractivity contribution >= 4 is 39.1 Å². The van der Waals surface area contributed by atoms with Crippen LogP contribution in [0.25, 0.3) is 0 Å². The lowest BCUT2D eigenvalue weighted by Gasteiger charge is -2.34. The van der Waals surface area contributed by atoms with E-state index < -0.39 is 21.6 Å². The molecule has 42 heavy (non-hydrogen) atoms. The number of nitrogens with one attached hydrogen (secondary N) is 1. The molecular weight excluding hydrogens is 570 g/mol. The lowest BCUT2D eigenvalue weighted by Crippen LogP contribution is -2.54. The number of rotatable bonds is 12. The molecule has 0 aliphatic rings. The third-order valence-electron chi connectivity index (χ3n) is 7.06. The average molecular weight is 612 g/mol. The summed E-state index contributed by atoms with van der Waals surface area (Å²) in [5, 5.41) is 3.55. The highest BCUT2D eigenvalue weighted by atomic mass is 35.5. The first-order chi connectivity index (χ1) is 19.7. The molecule has 0 spiro atoms. The van der Waals surface area contributed by atoms with E-state index in [1.54, 1.807) is 17.0 Å². The molecule has 9 heteroatoms. The lowest BCUT2D eigenvalue weighted by molar-refractivity contribution is -0.142. The molecule has 0 radical (unpaired) electrons. The predicted octanol–water partition coefficient (Wildman–Crippen LogP) is 6.06. The SMILES string of the molecule is Cc1cccc(N(CCCC(=O)N(Cc2ccccc2Cl)[C@@H](Cc2ccccc2)C(=O)NC(C)(C)C)S(C)(=O)=O)c1C. The van der Waals surface area contributed by atoms with Gasteiger partial charge in [-0.1, -0.05) is 72.3 Å². The van der Waals surface area contributed by atoms with Crippen molar-refractivity contribution in [1.82, 2.24) is 10.2 Å². The number of halogens is 1. The first kappa shape index (κ1) is 33.1. The van der Waals surface area contributed by atoms with Gasteiger partial charge in [0.2, 0.25) is 21.8 Å². The largest absolute Gasteiger partial charge is 0.350 e. The summed E-state index contributed by atoms with van der Waals surface area (Å²) in [6, 6.07) is 21.6. The van der Waals surface area contributed by atoms with Crippen LogP contribution in [0.3, 0.4) is 0 Å². The molecule has 3 aromatic rings. The minimum Gasteiger partial charge on any atom is -0.350 e. The van der Waals surface area contributed by atoms with Gasteiger partial charge in [0.1, 0.15) is 6.04 Å². The van der Waals surface area contributed by atoms with Crippen LogP contribution >= 0.6 is 11.6 Å². The third kappa shape index (κ3) is 9.33. The molecule has 0 saturated carbocycles. The molecule has 0 aliphatic carbocycles. The molecule has 0 unspecified atom stereocenters. The second-order valence-electron chi connectivity index (χ2n) is 11.7. The lowest BCUT2D eigenvalue weighted by atomic mass is 10.00. The van der Waals surface area contributed by atoms with E-state index in [-0.39, 0.29) is 37.7 Å². The normalized spacial score (nSPS) is 12.5. The highest BCUT2D eigenvalue weighted by molar-refractivity contribution is 7.92. The minimum atomic E-state index is -3.59. The maximum Gasteiger partial charge on any atom is 0.243 e. The summed E-state index contributed by atoms with van der Waals surface area (Å²) in [7, 11) is -3.59. The molecule has 1 N–H and O–H groups in total. The topological polar surface area (TPSA) is 86.8 Å². The van der Waals surface area contributed by atoms with Crippen LogP contribution in [0.15, 0.2) is 72.8 Å². The van der Waals surface area contributed by atoms with E-state index in [1.165, 1.54) is 10.6 Å². The van der Waals surface area contributed by atoms with Crippen molar-refractivity contribution in [2.24, 2.45) is 0 Å². The molecule has 3 rings (SSSR count). The Labute approximate surface area is 255 Å². The Morgan fingerprint density at radius 1 is 0.929 bits per heavy atom. The van der Waals surface area contributed by atoms with Crippen molar-refractivity contribution in [3.05, 3.63) is 100 Å². The maximum absolute atomic E-state index is 14.0. The zero-order valence-corrected chi connectivity index (χ0v) is 26.9. The highest BCUT2D eigenvalue weighted by Gasteiger charge is 2.32. The number of sulfonamides is 1. The highest BCUT2D eigenvalue weighted by Crippen LogP contribution is 2.26. The molecule has 0 fully saturated rings. The van der Waals surface area contributed by atoms with Crippen molar-refractivity contribution in [2.75, 3.05) is 17.1 Å². The Morgan fingerprint density at radius 3 is 2.19 bits per heavy atom. The zero-order chi connectivity index (χ0) is 31.1. The number of benzene rings is 3. The Bertz CT molecular complexity index is 1490. The number of hydrogen-bond donors (Lipinski definition) is 1. The van der Waals surface area contributed by atoms with Crippen molar-refractivity contribution in [3.8, 4) is 0 Å². The molecule has 0 aromatic heterocycles. The van der Waals surface area contributed by atoms with Gasteiger partial charge in [-0.3, -0.25) is 13.9 Å². The van der Waals surface area contributed by atoms with Crippen molar-refractivity contribution in [1.29, 1.82) is 0 Å². The number of carbonyl (C=O) groups is 2. The Kier molecular flexibility index (Phi) is 11.2. The average Bonchev–Trinajstić information content (AvgIpc) is 2.90. The van der Waals surface area contributed by atoms with Crippen LogP contribution in [0, 0.1) is 13.8 Å². The smallest absolute Gasteiger partial charge is 0.243 e. The van der Waals surface area contributed by atoms with Crippen LogP contribution in [0.4, 0.5) is 5.69 Å². The summed E-state index contributed by atoms with van der Waals surface area (Å²) < 4.78 is 26.9. The van der Waals surface area contributed by atoms with Gasteiger partial charge in [0.15, 0.2) is 0 Å². The summed E-state index contributed by atoms with van der Waals surface area (Å²) in [6.45, 7) is 9.80. The molecule has 0 heterocycles. The van der Waals surface area contributed by atoms with E-state index >= 15 is 0 Å². The Morgan fingerprint density at radius 2 is 1.57 bits per heavy atom. The second kappa shape index (κ2) is 14.2. The van der Waals surface area contributed by atoms with Gasteiger partial charge in [-0.2, -0.15) is 0 Å². The minimum absolute atomic E-state index is 0.0510. The number of anilines is 1. The summed E-state index contributed by atoms with van der Waals surface area (Å²) in [5.41, 5.74) is 3.59. The molecule has 3 aromatic carbocycles. The van der Waals surface area contributed by atoms with E-state index in [9.17, 15) is 18.0 Å². The fraction of sp³-hybridized carbons (Fsp3) is 0.394. The van der Waals surface area contributed by atoms with Gasteiger partial charge in [-0.05, 0) is 75.4 Å². The zero-order valence-electron chi connectivity index (χ0n) is 25.4. The van der Waals surface area contributed by atoms with Gasteiger partial charge in [-0.25, -0.2) is 8.42 Å². The first-order valence-electron chi connectivity index (χ1n) is 14.1. The molecule has 0 aliphatic heterocycles. The molecule has 7 nitrogen and oxygen atoms in total. The standard InChI is InChI=1S/C33H42ClN3O4S/c1-24-14-12-19-29(25(24)2)37(42(6,40)41)21-13-20-31(38)36(23-27-17-10-11-18-28(27)34)30(32(39)35-33(3,4)5)22-26-15-8-7-9-16-26/h7-12,14-19,30H,13,20-23H2,1-6H3,(H,35,39)/t30-/m0/s1. The van der Waals surface area contributed by atoms with Gasteiger partial charge in [-0.15, -0.1) is 0 Å². The van der Waals surface area contributed by atoms with Crippen LogP contribution < -0.4 is 9.62 Å². The predicted molar refractivity (Wildman–Crippen MR) is 171 cm³/mol. The van der Waals surface area contributed by atoms with Gasteiger partial charge >= 0.3 is 0 Å². The summed E-state index contributed by atoms with van der Waals surface area (Å²) in [5.74, 6) is -0.519. The van der Waals surface area contributed by atoms with E-state index in [4.69, 9.17) is 11.6 Å². The number of carbonyl (C=O) groups excluding carboxylic acids is 2. The summed E-state index contributed by atoms with van der Waals surface area (Å²) in [6.07, 6.45) is 1.82. The van der Waals surface area contributed by atoms with Gasteiger partial charge in [0.25, 0.3) is 0 Å². The number of amides is 2. The van der Waals surface area contributed by atoms with Crippen LogP contribution in [-0.2, 0) is 32.6 Å². The fourth-order valence-corrected chi connectivity index (χ4v) is 6.02. The van der Waals surface area contributed by atoms with E-state index in [0.29, 0.717) is 17.1 Å². The van der Waals surface area contributed by atoms with Gasteiger partial charge in [0, 0.05) is 36.5 Å². The molecule has 1 atom stereocenters. The summed E-state index contributed by atoms with van der Waals surface area (Å²) in [4.78, 5) is 29.3. The van der Waals surface area contributed by atoms with E-state index in [0.717, 1.165) is 22.3 Å². The third-order valence-corrected chi connectivity index (χ3v) is 8.61. The molecular formula is C33H42ClN3O4S. The number of aryl methyl sites for hydroxylation is 1. The number of nitrogens with zero attached hydrogens (tertiary/aromatic N) is 2. The van der Waals surface area contributed by atoms with Crippen LogP contribution in [0.5, 0.6) is 0 Å². The quantitative estimate of drug-likeness (QED) is 0.270. The van der Waals surface area contributed by atoms with Gasteiger partial charge < -0.3 is 10.2 Å². The fourth-order valence-electron chi connectivity index (χ4n) is 4.81. The van der Waals surface area contributed by atoms with E-state index in [2.05, 4.69) is 5.32 Å².